The second kappa shape index (κ2) is 22.8. The summed E-state index contributed by atoms with van der Waals surface area (Å²) >= 11 is 0. The number of rotatable bonds is 0. The van der Waals surface area contributed by atoms with Crippen molar-refractivity contribution in [1.82, 2.24) is 0 Å². The van der Waals surface area contributed by atoms with Crippen LogP contribution in [0.15, 0.2) is 0 Å². The fourth-order valence-corrected chi connectivity index (χ4v) is 4.79. The van der Waals surface area contributed by atoms with Gasteiger partial charge < -0.3 is 25.5 Å². The van der Waals surface area contributed by atoms with Gasteiger partial charge >= 0.3 is 56.6 Å². The number of hydrogen-bond acceptors (Lipinski definition) is 3. The molecule has 0 amide bonds. The largest absolute Gasteiger partial charge is 1.00 e. The van der Waals surface area contributed by atoms with E-state index in [1.807, 2.05) is 0 Å². The summed E-state index contributed by atoms with van der Waals surface area (Å²) in [6.45, 7) is 21.8. The summed E-state index contributed by atoms with van der Waals surface area (Å²) in [7, 11) is 0. The number of carbonyl (C=O) groups excluding carboxylic acids is 1. The number of hydrogen-bond donors (Lipinski definition) is 0. The van der Waals surface area contributed by atoms with Crippen molar-refractivity contribution in [3.05, 3.63) is 16.0 Å². The Morgan fingerprint density at radius 1 is 0.528 bits per heavy atom. The molecule has 0 aliphatic carbocycles. The first kappa shape index (κ1) is 44.0. The van der Waals surface area contributed by atoms with Crippen molar-refractivity contribution < 1.29 is 70.9 Å². The molecule has 4 rings (SSSR count). The van der Waals surface area contributed by atoms with Crippen LogP contribution in [0.3, 0.4) is 0 Å². The molecule has 6 nitrogen and oxygen atoms in total. The zero-order valence-electron chi connectivity index (χ0n) is 26.0. The van der Waals surface area contributed by atoms with Crippen LogP contribution in [0.25, 0.3) is 16.0 Å². The van der Waals surface area contributed by atoms with Crippen LogP contribution in [-0.4, -0.2) is 54.7 Å². The second-order valence-corrected chi connectivity index (χ2v) is 11.9. The SMILES string of the molecule is C1CCOC1.C1CCOC1.CC1(C)CCCC(C)(C)[N-]1.CC1(C)CCCC(C)(C)[N-]1.[Li+].[Li+].[Li+].[N-]=C=O. The molecule has 4 heterocycles. The van der Waals surface area contributed by atoms with Gasteiger partial charge in [0.15, 0.2) is 0 Å². The van der Waals surface area contributed by atoms with Crippen LogP contribution in [0.2, 0.25) is 0 Å². The average molecular weight is 488 g/mol. The molecule has 4 fully saturated rings. The normalized spacial score (nSPS) is 23.6. The molecule has 4 aliphatic rings. The second-order valence-electron chi connectivity index (χ2n) is 11.9. The minimum atomic E-state index is 0. The van der Waals surface area contributed by atoms with Crippen LogP contribution in [0.4, 0.5) is 0 Å². The van der Waals surface area contributed by atoms with Gasteiger partial charge in [-0.2, -0.15) is 0 Å². The van der Waals surface area contributed by atoms with E-state index in [2.05, 4.69) is 55.4 Å². The summed E-state index contributed by atoms with van der Waals surface area (Å²) in [4.78, 5) is 8.24. The van der Waals surface area contributed by atoms with E-state index in [1.54, 1.807) is 0 Å². The zero-order valence-corrected chi connectivity index (χ0v) is 26.0. The summed E-state index contributed by atoms with van der Waals surface area (Å²) < 4.78 is 9.89. The van der Waals surface area contributed by atoms with E-state index < -0.39 is 0 Å². The van der Waals surface area contributed by atoms with E-state index in [0.29, 0.717) is 6.08 Å². The van der Waals surface area contributed by atoms with Crippen molar-refractivity contribution >= 4 is 6.08 Å². The first-order valence-corrected chi connectivity index (χ1v) is 12.9. The van der Waals surface area contributed by atoms with Crippen LogP contribution < -0.4 is 56.6 Å². The third-order valence-electron chi connectivity index (χ3n) is 6.02. The van der Waals surface area contributed by atoms with E-state index in [1.165, 1.54) is 64.2 Å². The van der Waals surface area contributed by atoms with E-state index in [4.69, 9.17) is 30.3 Å². The average Bonchev–Trinajstić information content (AvgIpc) is 3.38. The first-order valence-electron chi connectivity index (χ1n) is 12.9. The Morgan fingerprint density at radius 3 is 0.806 bits per heavy atom. The Balaban J connectivity index is -0.000000184. The van der Waals surface area contributed by atoms with Gasteiger partial charge in [0, 0.05) is 26.4 Å². The predicted octanol–water partition coefficient (Wildman–Crippen LogP) is -1.30. The standard InChI is InChI=1S/2C9H18N.2C4H8O.CNO.3Li/c2*1-8(2)6-5-7-9(3,4)10-8;2*1-2-4-5-3-1;2-1-3;;;/h2*5-7H2,1-4H3;2*1-4H2;;;;/q2*-1;;;-1;3*+1. The Labute approximate surface area is 259 Å². The minimum absolute atomic E-state index is 0. The Hall–Kier alpha value is 1.01. The van der Waals surface area contributed by atoms with Gasteiger partial charge in [-0.1, -0.05) is 93.9 Å². The van der Waals surface area contributed by atoms with Crippen molar-refractivity contribution in [1.29, 1.82) is 0 Å². The van der Waals surface area contributed by atoms with Crippen LogP contribution in [0.5, 0.6) is 0 Å². The molecule has 0 aromatic rings. The number of piperidine rings is 2. The fraction of sp³-hybridized carbons (Fsp3) is 0.963. The fourth-order valence-electron chi connectivity index (χ4n) is 4.79. The van der Waals surface area contributed by atoms with Crippen molar-refractivity contribution in [2.45, 2.75) is 142 Å². The Kier molecular flexibility index (Phi) is 27.9. The molecule has 0 saturated carbocycles. The van der Waals surface area contributed by atoms with Crippen LogP contribution in [0, 0.1) is 0 Å². The summed E-state index contributed by atoms with van der Waals surface area (Å²) in [5, 5.41) is 16.3. The molecular weight excluding hydrogens is 435 g/mol. The third kappa shape index (κ3) is 26.6. The Bertz CT molecular complexity index is 460. The minimum Gasteiger partial charge on any atom is -0.724 e. The van der Waals surface area contributed by atoms with Crippen LogP contribution in [-0.2, 0) is 14.3 Å². The number of isocyanates is 1. The maximum atomic E-state index is 8.24. The van der Waals surface area contributed by atoms with Crippen molar-refractivity contribution in [2.24, 2.45) is 0 Å². The summed E-state index contributed by atoms with van der Waals surface area (Å²) in [6.07, 6.45) is 13.3. The number of ether oxygens (including phenoxy) is 2. The third-order valence-corrected chi connectivity index (χ3v) is 6.02. The van der Waals surface area contributed by atoms with Crippen molar-refractivity contribution in [3.63, 3.8) is 0 Å². The molecule has 9 heteroatoms. The van der Waals surface area contributed by atoms with E-state index in [0.717, 1.165) is 26.4 Å². The molecule has 0 aromatic carbocycles. The van der Waals surface area contributed by atoms with Gasteiger partial charge in [0.1, 0.15) is 0 Å². The maximum absolute atomic E-state index is 8.24. The quantitative estimate of drug-likeness (QED) is 0.242. The summed E-state index contributed by atoms with van der Waals surface area (Å²) in [6, 6.07) is 0. The predicted molar refractivity (Wildman–Crippen MR) is 140 cm³/mol. The Morgan fingerprint density at radius 2 is 0.722 bits per heavy atom. The zero-order chi connectivity index (χ0) is 25.4. The number of nitrogens with zero attached hydrogens (tertiary/aromatic N) is 3. The molecule has 36 heavy (non-hydrogen) atoms. The summed E-state index contributed by atoms with van der Waals surface area (Å²) in [5.41, 5.74) is 0.951. The van der Waals surface area contributed by atoms with Gasteiger partial charge in [-0.15, -0.1) is 22.2 Å². The maximum Gasteiger partial charge on any atom is 1.00 e. The molecule has 196 valence electrons. The first-order chi connectivity index (χ1) is 15.2. The van der Waals surface area contributed by atoms with Crippen molar-refractivity contribution in [2.75, 3.05) is 26.4 Å². The molecule has 4 saturated heterocycles. The molecule has 0 radical (unpaired) electrons. The van der Waals surface area contributed by atoms with Gasteiger partial charge in [-0.05, 0) is 31.8 Å². The van der Waals surface area contributed by atoms with Gasteiger partial charge in [-0.25, -0.2) is 0 Å². The molecule has 0 N–H and O–H groups in total. The molecule has 0 spiro atoms. The van der Waals surface area contributed by atoms with Crippen molar-refractivity contribution in [3.8, 4) is 0 Å². The van der Waals surface area contributed by atoms with E-state index in [-0.39, 0.29) is 78.7 Å². The summed E-state index contributed by atoms with van der Waals surface area (Å²) in [5.74, 6) is 0. The van der Waals surface area contributed by atoms with Crippen LogP contribution >= 0.6 is 0 Å². The van der Waals surface area contributed by atoms with Gasteiger partial charge in [0.2, 0.25) is 0 Å². The topological polar surface area (TPSA) is 86.0 Å². The van der Waals surface area contributed by atoms with Gasteiger partial charge in [-0.3, -0.25) is 4.79 Å². The molecular formula is C27H52Li3N3O3. The molecule has 0 atom stereocenters. The molecule has 0 bridgehead atoms. The smallest absolute Gasteiger partial charge is 0.724 e. The van der Waals surface area contributed by atoms with Crippen LogP contribution in [0.1, 0.15) is 120 Å². The van der Waals surface area contributed by atoms with E-state index >= 15 is 0 Å². The molecule has 0 unspecified atom stereocenters. The monoisotopic (exact) mass is 487 g/mol. The van der Waals surface area contributed by atoms with Gasteiger partial charge in [0.05, 0.1) is 0 Å². The van der Waals surface area contributed by atoms with Gasteiger partial charge in [0.25, 0.3) is 0 Å². The molecule has 0 aromatic heterocycles. The van der Waals surface area contributed by atoms with E-state index in [9.17, 15) is 0 Å². The molecule has 4 aliphatic heterocycles.